The van der Waals surface area contributed by atoms with Crippen molar-refractivity contribution in [2.75, 3.05) is 6.61 Å². The third kappa shape index (κ3) is 7.43. The second kappa shape index (κ2) is 15.3. The maximum absolute atomic E-state index is 7.09. The molecule has 0 aromatic heterocycles. The van der Waals surface area contributed by atoms with Crippen molar-refractivity contribution >= 4 is 0 Å². The fraction of sp³-hybridized carbons (Fsp3) is 0.231. The summed E-state index contributed by atoms with van der Waals surface area (Å²) in [5.74, 6) is 0. The quantitative estimate of drug-likeness (QED) is 0.120. The van der Waals surface area contributed by atoms with Crippen LogP contribution in [0.25, 0.3) is 0 Å². The molecule has 0 saturated carbocycles. The van der Waals surface area contributed by atoms with Crippen molar-refractivity contribution in [3.8, 4) is 0 Å². The molecule has 0 radical (unpaired) electrons. The molecule has 0 bridgehead atoms. The monoisotopic (exact) mass is 556 g/mol. The zero-order valence-electron chi connectivity index (χ0n) is 24.3. The molecule has 0 spiro atoms. The Kier molecular flexibility index (Phi) is 10.7. The van der Waals surface area contributed by atoms with Crippen LogP contribution in [0.1, 0.15) is 47.6 Å². The highest BCUT2D eigenvalue weighted by Crippen LogP contribution is 2.40. The first-order valence-corrected chi connectivity index (χ1v) is 14.9. The van der Waals surface area contributed by atoms with Crippen LogP contribution in [-0.4, -0.2) is 18.8 Å². The van der Waals surface area contributed by atoms with Crippen molar-refractivity contribution in [1.29, 1.82) is 0 Å². The highest BCUT2D eigenvalue weighted by molar-refractivity contribution is 5.47. The molecule has 0 fully saturated rings. The van der Waals surface area contributed by atoms with Crippen LogP contribution in [0.15, 0.2) is 152 Å². The highest BCUT2D eigenvalue weighted by Gasteiger charge is 2.38. The molecule has 3 heteroatoms. The van der Waals surface area contributed by atoms with Crippen LogP contribution in [-0.2, 0) is 33.0 Å². The van der Waals surface area contributed by atoms with Crippen molar-refractivity contribution in [2.24, 2.45) is 0 Å². The molecular weight excluding hydrogens is 516 g/mol. The minimum absolute atomic E-state index is 0.0721. The first kappa shape index (κ1) is 29.5. The predicted octanol–water partition coefficient (Wildman–Crippen LogP) is 8.97. The van der Waals surface area contributed by atoms with Crippen molar-refractivity contribution in [2.45, 2.75) is 50.8 Å². The van der Waals surface area contributed by atoms with E-state index in [1.165, 1.54) is 0 Å². The fourth-order valence-electron chi connectivity index (χ4n) is 5.52. The molecule has 5 aromatic rings. The standard InChI is InChI=1S/C39H40O3/c1-2-37(40-30-32-18-8-3-9-19-32)38(41-31-33-20-10-4-11-21-33)28-29-42-39(34-22-12-5-13-23-34,35-24-14-6-15-25-35)36-26-16-7-17-27-36/h3-27,37-38H,2,28-31H2,1H3/t37-,38+/m1/s1. The molecule has 0 unspecified atom stereocenters. The lowest BCUT2D eigenvalue weighted by molar-refractivity contribution is -0.104. The Morgan fingerprint density at radius 3 is 1.21 bits per heavy atom. The molecule has 0 aliphatic heterocycles. The maximum Gasteiger partial charge on any atom is 0.143 e. The molecule has 0 saturated heterocycles. The number of rotatable bonds is 15. The average molecular weight is 557 g/mol. The Labute approximate surface area is 250 Å². The second-order valence-electron chi connectivity index (χ2n) is 10.5. The molecule has 42 heavy (non-hydrogen) atoms. The van der Waals surface area contributed by atoms with E-state index >= 15 is 0 Å². The minimum atomic E-state index is -0.764. The van der Waals surface area contributed by atoms with Crippen molar-refractivity contribution in [3.63, 3.8) is 0 Å². The van der Waals surface area contributed by atoms with E-state index in [-0.39, 0.29) is 12.2 Å². The van der Waals surface area contributed by atoms with Crippen LogP contribution in [0.5, 0.6) is 0 Å². The normalized spacial score (nSPS) is 13.0. The van der Waals surface area contributed by atoms with Crippen LogP contribution >= 0.6 is 0 Å². The molecule has 0 N–H and O–H groups in total. The van der Waals surface area contributed by atoms with Gasteiger partial charge in [0, 0.05) is 0 Å². The van der Waals surface area contributed by atoms with Gasteiger partial charge in [-0.15, -0.1) is 0 Å². The summed E-state index contributed by atoms with van der Waals surface area (Å²) < 4.78 is 20.2. The van der Waals surface area contributed by atoms with Gasteiger partial charge < -0.3 is 14.2 Å². The summed E-state index contributed by atoms with van der Waals surface area (Å²) in [5.41, 5.74) is 4.82. The SMILES string of the molecule is CC[C@@H](OCc1ccccc1)[C@H](CCOC(c1ccccc1)(c1ccccc1)c1ccccc1)OCc1ccccc1. The number of hydrogen-bond donors (Lipinski definition) is 0. The summed E-state index contributed by atoms with van der Waals surface area (Å²) in [7, 11) is 0. The molecule has 5 aromatic carbocycles. The topological polar surface area (TPSA) is 27.7 Å². The summed E-state index contributed by atoms with van der Waals surface area (Å²) in [6.07, 6.45) is 1.32. The molecule has 214 valence electrons. The van der Waals surface area contributed by atoms with Gasteiger partial charge in [0.2, 0.25) is 0 Å². The van der Waals surface area contributed by atoms with Gasteiger partial charge in [-0.1, -0.05) is 159 Å². The highest BCUT2D eigenvalue weighted by atomic mass is 16.5. The minimum Gasteiger partial charge on any atom is -0.371 e. The Bertz CT molecular complexity index is 1330. The molecule has 0 heterocycles. The fourth-order valence-corrected chi connectivity index (χ4v) is 5.52. The van der Waals surface area contributed by atoms with Gasteiger partial charge in [-0.25, -0.2) is 0 Å². The molecule has 0 aliphatic rings. The number of hydrogen-bond acceptors (Lipinski definition) is 3. The van der Waals surface area contributed by atoms with E-state index in [1.807, 2.05) is 54.6 Å². The van der Waals surface area contributed by atoms with E-state index in [0.717, 1.165) is 34.2 Å². The summed E-state index contributed by atoms with van der Waals surface area (Å²) in [4.78, 5) is 0. The van der Waals surface area contributed by atoms with Gasteiger partial charge >= 0.3 is 0 Å². The predicted molar refractivity (Wildman–Crippen MR) is 170 cm³/mol. The summed E-state index contributed by atoms with van der Waals surface area (Å²) >= 11 is 0. The lowest BCUT2D eigenvalue weighted by atomic mass is 9.80. The lowest BCUT2D eigenvalue weighted by Gasteiger charge is -2.37. The maximum atomic E-state index is 7.09. The van der Waals surface area contributed by atoms with Gasteiger partial charge in [0.1, 0.15) is 5.60 Å². The van der Waals surface area contributed by atoms with Crippen LogP contribution in [0.2, 0.25) is 0 Å². The first-order chi connectivity index (χ1) is 20.8. The van der Waals surface area contributed by atoms with Crippen LogP contribution in [0.3, 0.4) is 0 Å². The van der Waals surface area contributed by atoms with Crippen molar-refractivity contribution < 1.29 is 14.2 Å². The van der Waals surface area contributed by atoms with E-state index in [2.05, 4.69) is 104 Å². The number of benzene rings is 5. The Hall–Kier alpha value is -4.02. The first-order valence-electron chi connectivity index (χ1n) is 14.9. The van der Waals surface area contributed by atoms with Gasteiger partial charge in [0.15, 0.2) is 0 Å². The molecule has 5 rings (SSSR count). The van der Waals surface area contributed by atoms with Crippen LogP contribution < -0.4 is 0 Å². The molecule has 0 aliphatic carbocycles. The molecule has 0 amide bonds. The van der Waals surface area contributed by atoms with E-state index in [4.69, 9.17) is 14.2 Å². The Morgan fingerprint density at radius 1 is 0.476 bits per heavy atom. The third-order valence-electron chi connectivity index (χ3n) is 7.69. The van der Waals surface area contributed by atoms with E-state index in [9.17, 15) is 0 Å². The molecule has 2 atom stereocenters. The number of ether oxygens (including phenoxy) is 3. The largest absolute Gasteiger partial charge is 0.371 e. The zero-order chi connectivity index (χ0) is 28.9. The average Bonchev–Trinajstić information content (AvgIpc) is 3.07. The van der Waals surface area contributed by atoms with Gasteiger partial charge in [-0.2, -0.15) is 0 Å². The Morgan fingerprint density at radius 2 is 0.833 bits per heavy atom. The third-order valence-corrected chi connectivity index (χ3v) is 7.69. The van der Waals surface area contributed by atoms with E-state index in [1.54, 1.807) is 0 Å². The van der Waals surface area contributed by atoms with Crippen molar-refractivity contribution in [1.82, 2.24) is 0 Å². The van der Waals surface area contributed by atoms with Crippen LogP contribution in [0, 0.1) is 0 Å². The van der Waals surface area contributed by atoms with Gasteiger partial charge in [-0.05, 0) is 40.7 Å². The summed E-state index contributed by atoms with van der Waals surface area (Å²) in [6, 6.07) is 52.2. The molecular formula is C39H40O3. The Balaban J connectivity index is 1.41. The second-order valence-corrected chi connectivity index (χ2v) is 10.5. The zero-order valence-corrected chi connectivity index (χ0v) is 24.3. The summed E-state index contributed by atoms with van der Waals surface area (Å²) in [6.45, 7) is 3.73. The van der Waals surface area contributed by atoms with Gasteiger partial charge in [-0.3, -0.25) is 0 Å². The molecule has 3 nitrogen and oxygen atoms in total. The van der Waals surface area contributed by atoms with E-state index < -0.39 is 5.60 Å². The van der Waals surface area contributed by atoms with Crippen molar-refractivity contribution in [3.05, 3.63) is 179 Å². The van der Waals surface area contributed by atoms with Crippen LogP contribution in [0.4, 0.5) is 0 Å². The smallest absolute Gasteiger partial charge is 0.143 e. The lowest BCUT2D eigenvalue weighted by Crippen LogP contribution is -2.36. The van der Waals surface area contributed by atoms with Gasteiger partial charge in [0.05, 0.1) is 32.0 Å². The van der Waals surface area contributed by atoms with E-state index in [0.29, 0.717) is 26.2 Å². The summed E-state index contributed by atoms with van der Waals surface area (Å²) in [5, 5.41) is 0. The van der Waals surface area contributed by atoms with Gasteiger partial charge in [0.25, 0.3) is 0 Å².